The van der Waals surface area contributed by atoms with Gasteiger partial charge in [-0.3, -0.25) is 0 Å². The van der Waals surface area contributed by atoms with E-state index in [1.807, 2.05) is 11.4 Å². The lowest BCUT2D eigenvalue weighted by molar-refractivity contribution is 0.500. The molecule has 0 aliphatic heterocycles. The first-order valence-electron chi connectivity index (χ1n) is 4.69. The Kier molecular flexibility index (Phi) is 3.56. The van der Waals surface area contributed by atoms with Crippen molar-refractivity contribution in [3.63, 3.8) is 0 Å². The van der Waals surface area contributed by atoms with E-state index in [1.165, 1.54) is 0 Å². The van der Waals surface area contributed by atoms with Crippen LogP contribution in [0.2, 0.25) is 0 Å². The van der Waals surface area contributed by atoms with Gasteiger partial charge in [-0.1, -0.05) is 0 Å². The summed E-state index contributed by atoms with van der Waals surface area (Å²) in [5.41, 5.74) is 5.43. The molecule has 2 N–H and O–H groups in total. The van der Waals surface area contributed by atoms with E-state index in [0.717, 1.165) is 33.8 Å². The van der Waals surface area contributed by atoms with Gasteiger partial charge in [-0.25, -0.2) is 4.98 Å². The Labute approximate surface area is 100 Å². The number of hydrogen-bond donors (Lipinski definition) is 1. The van der Waals surface area contributed by atoms with E-state index in [-0.39, 0.29) is 0 Å². The molecule has 15 heavy (non-hydrogen) atoms. The van der Waals surface area contributed by atoms with Gasteiger partial charge >= 0.3 is 0 Å². The Bertz CT molecular complexity index is 438. The van der Waals surface area contributed by atoms with Crippen LogP contribution < -0.4 is 5.73 Å². The third kappa shape index (κ3) is 2.48. The number of rotatable bonds is 4. The number of nitrogens with zero attached hydrogens (tertiary/aromatic N) is 1. The number of aromatic nitrogens is 1. The Morgan fingerprint density at radius 2 is 2.40 bits per heavy atom. The van der Waals surface area contributed by atoms with Crippen LogP contribution >= 0.6 is 27.3 Å². The molecule has 2 heterocycles. The van der Waals surface area contributed by atoms with Gasteiger partial charge in [0.25, 0.3) is 0 Å². The first-order chi connectivity index (χ1) is 7.31. The topological polar surface area (TPSA) is 52.0 Å². The van der Waals surface area contributed by atoms with Gasteiger partial charge in [0.1, 0.15) is 0 Å². The van der Waals surface area contributed by atoms with Crippen molar-refractivity contribution in [2.75, 3.05) is 6.54 Å². The van der Waals surface area contributed by atoms with Crippen molar-refractivity contribution < 1.29 is 4.42 Å². The van der Waals surface area contributed by atoms with Crippen molar-refractivity contribution in [2.45, 2.75) is 12.8 Å². The Hall–Kier alpha value is -0.650. The minimum atomic E-state index is 0.667. The molecule has 0 atom stereocenters. The molecule has 3 nitrogen and oxygen atoms in total. The molecule has 2 aromatic rings. The lowest BCUT2D eigenvalue weighted by Gasteiger charge is -1.93. The molecule has 5 heteroatoms. The summed E-state index contributed by atoms with van der Waals surface area (Å²) in [5.74, 6) is 1.58. The number of hydrogen-bond acceptors (Lipinski definition) is 4. The van der Waals surface area contributed by atoms with E-state index in [4.69, 9.17) is 10.2 Å². The second-order valence-corrected chi connectivity index (χ2v) is 4.88. The van der Waals surface area contributed by atoms with E-state index in [1.54, 1.807) is 17.5 Å². The molecule has 0 unspecified atom stereocenters. The molecule has 0 bridgehead atoms. The van der Waals surface area contributed by atoms with Crippen LogP contribution in [0.25, 0.3) is 10.6 Å². The average molecular weight is 287 g/mol. The van der Waals surface area contributed by atoms with Crippen molar-refractivity contribution in [3.05, 3.63) is 28.0 Å². The third-order valence-electron chi connectivity index (χ3n) is 1.99. The SMILES string of the molecule is NCCCc1ncc(-c2sccc2Br)o1. The smallest absolute Gasteiger partial charge is 0.194 e. The zero-order valence-electron chi connectivity index (χ0n) is 8.07. The predicted octanol–water partition coefficient (Wildman–Crippen LogP) is 3.06. The third-order valence-corrected chi connectivity index (χ3v) is 3.84. The zero-order valence-corrected chi connectivity index (χ0v) is 10.5. The van der Waals surface area contributed by atoms with E-state index in [2.05, 4.69) is 20.9 Å². The molecule has 0 aliphatic rings. The van der Waals surface area contributed by atoms with E-state index < -0.39 is 0 Å². The van der Waals surface area contributed by atoms with Crippen LogP contribution in [0.1, 0.15) is 12.3 Å². The summed E-state index contributed by atoms with van der Waals surface area (Å²) in [7, 11) is 0. The van der Waals surface area contributed by atoms with Gasteiger partial charge in [0.2, 0.25) is 0 Å². The maximum absolute atomic E-state index is 5.62. The average Bonchev–Trinajstić information content (AvgIpc) is 2.83. The fraction of sp³-hybridized carbons (Fsp3) is 0.300. The highest BCUT2D eigenvalue weighted by molar-refractivity contribution is 9.10. The van der Waals surface area contributed by atoms with Crippen LogP contribution in [-0.4, -0.2) is 11.5 Å². The quantitative estimate of drug-likeness (QED) is 0.940. The van der Waals surface area contributed by atoms with Gasteiger partial charge in [-0.2, -0.15) is 0 Å². The molecule has 0 amide bonds. The zero-order chi connectivity index (χ0) is 10.7. The van der Waals surface area contributed by atoms with Gasteiger partial charge in [0.15, 0.2) is 11.7 Å². The standard InChI is InChI=1S/C10H11BrN2OS/c11-7-3-5-15-10(7)8-6-13-9(14-8)2-1-4-12/h3,5-6H,1-2,4,12H2. The van der Waals surface area contributed by atoms with Gasteiger partial charge in [0, 0.05) is 10.9 Å². The number of halogens is 1. The summed E-state index contributed by atoms with van der Waals surface area (Å²) in [4.78, 5) is 5.30. The molecule has 2 aromatic heterocycles. The summed E-state index contributed by atoms with van der Waals surface area (Å²) in [6.45, 7) is 0.667. The molecular formula is C10H11BrN2OS. The fourth-order valence-corrected chi connectivity index (χ4v) is 2.77. The Morgan fingerprint density at radius 1 is 1.53 bits per heavy atom. The van der Waals surface area contributed by atoms with Crippen LogP contribution in [0.15, 0.2) is 26.5 Å². The van der Waals surface area contributed by atoms with Crippen molar-refractivity contribution in [2.24, 2.45) is 5.73 Å². The normalized spacial score (nSPS) is 10.8. The summed E-state index contributed by atoms with van der Waals surface area (Å²) >= 11 is 5.10. The Morgan fingerprint density at radius 3 is 3.07 bits per heavy atom. The molecule has 0 fully saturated rings. The van der Waals surface area contributed by atoms with Gasteiger partial charge in [0.05, 0.1) is 11.1 Å². The highest BCUT2D eigenvalue weighted by Gasteiger charge is 2.10. The number of oxazole rings is 1. The molecule has 0 aromatic carbocycles. The predicted molar refractivity (Wildman–Crippen MR) is 64.9 cm³/mol. The van der Waals surface area contributed by atoms with Crippen LogP contribution in [0.3, 0.4) is 0 Å². The lowest BCUT2D eigenvalue weighted by Crippen LogP contribution is -2.00. The van der Waals surface area contributed by atoms with Crippen molar-refractivity contribution in [1.29, 1.82) is 0 Å². The van der Waals surface area contributed by atoms with Crippen molar-refractivity contribution in [1.82, 2.24) is 4.98 Å². The molecule has 0 aliphatic carbocycles. The van der Waals surface area contributed by atoms with Crippen LogP contribution in [-0.2, 0) is 6.42 Å². The van der Waals surface area contributed by atoms with Gasteiger partial charge in [-0.05, 0) is 40.3 Å². The minimum absolute atomic E-state index is 0.667. The first kappa shape index (κ1) is 10.9. The molecule has 80 valence electrons. The van der Waals surface area contributed by atoms with Crippen LogP contribution in [0.5, 0.6) is 0 Å². The highest BCUT2D eigenvalue weighted by atomic mass is 79.9. The maximum Gasteiger partial charge on any atom is 0.194 e. The molecule has 2 rings (SSSR count). The molecule has 0 saturated heterocycles. The number of nitrogens with two attached hydrogens (primary N) is 1. The van der Waals surface area contributed by atoms with Crippen LogP contribution in [0, 0.1) is 0 Å². The molecular weight excluding hydrogens is 276 g/mol. The van der Waals surface area contributed by atoms with Gasteiger partial charge in [-0.15, -0.1) is 11.3 Å². The summed E-state index contributed by atoms with van der Waals surface area (Å²) in [6.07, 6.45) is 3.48. The first-order valence-corrected chi connectivity index (χ1v) is 6.36. The van der Waals surface area contributed by atoms with Gasteiger partial charge < -0.3 is 10.2 Å². The monoisotopic (exact) mass is 286 g/mol. The second-order valence-electron chi connectivity index (χ2n) is 3.11. The van der Waals surface area contributed by atoms with E-state index in [0.29, 0.717) is 6.54 Å². The second kappa shape index (κ2) is 4.92. The number of thiophene rings is 1. The van der Waals surface area contributed by atoms with Crippen molar-refractivity contribution >= 4 is 27.3 Å². The van der Waals surface area contributed by atoms with Crippen molar-refractivity contribution in [3.8, 4) is 10.6 Å². The van der Waals surface area contributed by atoms with E-state index in [9.17, 15) is 0 Å². The molecule has 0 spiro atoms. The largest absolute Gasteiger partial charge is 0.440 e. The minimum Gasteiger partial charge on any atom is -0.440 e. The number of aryl methyl sites for hydroxylation is 1. The molecule has 0 radical (unpaired) electrons. The van der Waals surface area contributed by atoms with Crippen LogP contribution in [0.4, 0.5) is 0 Å². The highest BCUT2D eigenvalue weighted by Crippen LogP contribution is 2.33. The maximum atomic E-state index is 5.62. The molecule has 0 saturated carbocycles. The fourth-order valence-electron chi connectivity index (χ4n) is 1.25. The van der Waals surface area contributed by atoms with E-state index >= 15 is 0 Å². The lowest BCUT2D eigenvalue weighted by atomic mass is 10.3. The summed E-state index contributed by atoms with van der Waals surface area (Å²) < 4.78 is 6.67. The summed E-state index contributed by atoms with van der Waals surface area (Å²) in [6, 6.07) is 2.00. The summed E-state index contributed by atoms with van der Waals surface area (Å²) in [5, 5.41) is 2.02. The Balaban J connectivity index is 2.17.